The van der Waals surface area contributed by atoms with Crippen LogP contribution in [0.1, 0.15) is 5.56 Å². The molecule has 0 radical (unpaired) electrons. The van der Waals surface area contributed by atoms with E-state index in [1.165, 1.54) is 29.4 Å². The Bertz CT molecular complexity index is 1190. The van der Waals surface area contributed by atoms with Gasteiger partial charge in [-0.3, -0.25) is 4.84 Å². The van der Waals surface area contributed by atoms with E-state index in [1.807, 2.05) is 0 Å². The van der Waals surface area contributed by atoms with Gasteiger partial charge in [0.15, 0.2) is 0 Å². The molecule has 168 valence electrons. The first kappa shape index (κ1) is 22.7. The summed E-state index contributed by atoms with van der Waals surface area (Å²) in [5.41, 5.74) is 1.24. The normalized spacial score (nSPS) is 13.8. The lowest BCUT2D eigenvalue weighted by atomic mass is 10.2. The molecule has 0 fully saturated rings. The molecule has 0 aliphatic carbocycles. The third kappa shape index (κ3) is 4.79. The van der Waals surface area contributed by atoms with Gasteiger partial charge < -0.3 is 9.47 Å². The van der Waals surface area contributed by atoms with Crippen LogP contribution in [0.4, 0.5) is 5.69 Å². The van der Waals surface area contributed by atoms with Crippen LogP contribution in [0.15, 0.2) is 71.6 Å². The van der Waals surface area contributed by atoms with E-state index in [1.54, 1.807) is 49.6 Å². The Hall–Kier alpha value is -2.49. The third-order valence-corrected chi connectivity index (χ3v) is 6.95. The van der Waals surface area contributed by atoms with Gasteiger partial charge >= 0.3 is 0 Å². The molecule has 0 atom stereocenters. The van der Waals surface area contributed by atoms with E-state index in [0.717, 1.165) is 9.98 Å². The Kier molecular flexibility index (Phi) is 6.78. The fraction of sp³-hybridized carbons (Fsp3) is 0.182. The number of anilines is 1. The molecule has 0 unspecified atom stereocenters. The fourth-order valence-corrected chi connectivity index (χ4v) is 4.93. The molecule has 0 amide bonds. The van der Waals surface area contributed by atoms with E-state index in [0.29, 0.717) is 27.2 Å². The van der Waals surface area contributed by atoms with E-state index < -0.39 is 10.0 Å². The molecule has 0 N–H and O–H groups in total. The second kappa shape index (κ2) is 9.56. The number of hydrazine groups is 1. The van der Waals surface area contributed by atoms with Crippen LogP contribution in [-0.2, 0) is 21.4 Å². The van der Waals surface area contributed by atoms with Crippen molar-refractivity contribution in [3.63, 3.8) is 0 Å². The van der Waals surface area contributed by atoms with Crippen LogP contribution in [0.2, 0.25) is 10.0 Å². The zero-order chi connectivity index (χ0) is 22.7. The summed E-state index contributed by atoms with van der Waals surface area (Å²) in [4.78, 5) is 5.90. The molecule has 0 saturated heterocycles. The number of ether oxygens (including phenoxy) is 2. The Morgan fingerprint density at radius 3 is 2.16 bits per heavy atom. The first-order chi connectivity index (χ1) is 15.4. The van der Waals surface area contributed by atoms with Crippen molar-refractivity contribution in [2.75, 3.05) is 24.7 Å². The standard InChI is InChI=1S/C22H20Cl2N2O5S/c1-29-20-8-11-22-16(14-20)15-25(31-13-12-30-19-6-2-17(23)3-7-19)26(22)32(27,28)21-9-4-18(24)5-10-21/h2-11,14H,12-13,15H2,1H3. The molecule has 1 aliphatic rings. The van der Waals surface area contributed by atoms with E-state index in [2.05, 4.69) is 0 Å². The molecular formula is C22H20Cl2N2O5S. The van der Waals surface area contributed by atoms with E-state index in [-0.39, 0.29) is 24.7 Å². The number of hydrogen-bond donors (Lipinski definition) is 0. The van der Waals surface area contributed by atoms with Gasteiger partial charge in [0.2, 0.25) is 0 Å². The average Bonchev–Trinajstić information content (AvgIpc) is 3.16. The molecule has 1 heterocycles. The molecule has 7 nitrogen and oxygen atoms in total. The molecule has 0 aromatic heterocycles. The van der Waals surface area contributed by atoms with Gasteiger partial charge in [-0.1, -0.05) is 28.4 Å². The zero-order valence-electron chi connectivity index (χ0n) is 17.1. The van der Waals surface area contributed by atoms with Crippen LogP contribution < -0.4 is 13.9 Å². The Morgan fingerprint density at radius 2 is 1.50 bits per heavy atom. The van der Waals surface area contributed by atoms with Crippen molar-refractivity contribution in [2.45, 2.75) is 11.4 Å². The minimum atomic E-state index is -3.95. The van der Waals surface area contributed by atoms with E-state index in [4.69, 9.17) is 37.5 Å². The van der Waals surface area contributed by atoms with Crippen molar-refractivity contribution in [1.29, 1.82) is 0 Å². The van der Waals surface area contributed by atoms with Gasteiger partial charge in [0, 0.05) is 15.6 Å². The number of fused-ring (bicyclic) bond motifs is 1. The smallest absolute Gasteiger partial charge is 0.279 e. The number of benzene rings is 3. The second-order valence-corrected chi connectivity index (χ2v) is 9.48. The minimum absolute atomic E-state index is 0.0941. The number of nitrogens with zero attached hydrogens (tertiary/aromatic N) is 2. The summed E-state index contributed by atoms with van der Waals surface area (Å²) in [6.45, 7) is 0.563. The highest BCUT2D eigenvalue weighted by Crippen LogP contribution is 2.38. The summed E-state index contributed by atoms with van der Waals surface area (Å²) >= 11 is 11.8. The van der Waals surface area contributed by atoms with Crippen molar-refractivity contribution in [2.24, 2.45) is 0 Å². The first-order valence-corrected chi connectivity index (χ1v) is 11.8. The topological polar surface area (TPSA) is 68.3 Å². The maximum atomic E-state index is 13.4. The predicted octanol–water partition coefficient (Wildman–Crippen LogP) is 4.94. The van der Waals surface area contributed by atoms with Crippen molar-refractivity contribution < 1.29 is 22.7 Å². The number of halogens is 2. The molecular weight excluding hydrogens is 475 g/mol. The highest BCUT2D eigenvalue weighted by atomic mass is 35.5. The van der Waals surface area contributed by atoms with Crippen molar-refractivity contribution in [1.82, 2.24) is 5.17 Å². The van der Waals surface area contributed by atoms with Gasteiger partial charge in [-0.15, -0.1) is 0 Å². The number of hydroxylamine groups is 1. The molecule has 3 aromatic rings. The average molecular weight is 495 g/mol. The number of hydrogen-bond acceptors (Lipinski definition) is 6. The summed E-state index contributed by atoms with van der Waals surface area (Å²) in [6.07, 6.45) is 0. The molecule has 32 heavy (non-hydrogen) atoms. The SMILES string of the molecule is COc1ccc2c(c1)CN(OCCOc1ccc(Cl)cc1)N2S(=O)(=O)c1ccc(Cl)cc1. The maximum absolute atomic E-state index is 13.4. The van der Waals surface area contributed by atoms with Crippen LogP contribution in [-0.4, -0.2) is 33.9 Å². The lowest BCUT2D eigenvalue weighted by Gasteiger charge is -2.28. The minimum Gasteiger partial charge on any atom is -0.497 e. The second-order valence-electron chi connectivity index (χ2n) is 6.84. The first-order valence-electron chi connectivity index (χ1n) is 9.65. The van der Waals surface area contributed by atoms with Gasteiger partial charge in [-0.05, 0) is 66.7 Å². The molecule has 4 rings (SSSR count). The molecule has 3 aromatic carbocycles. The van der Waals surface area contributed by atoms with E-state index >= 15 is 0 Å². The Morgan fingerprint density at radius 1 is 0.875 bits per heavy atom. The van der Waals surface area contributed by atoms with Crippen LogP contribution in [0, 0.1) is 0 Å². The van der Waals surface area contributed by atoms with Crippen molar-refractivity contribution in [3.8, 4) is 11.5 Å². The van der Waals surface area contributed by atoms with E-state index in [9.17, 15) is 8.42 Å². The van der Waals surface area contributed by atoms with Crippen LogP contribution in [0.3, 0.4) is 0 Å². The molecule has 10 heteroatoms. The number of methoxy groups -OCH3 is 1. The number of rotatable bonds is 8. The van der Waals surface area contributed by atoms with Crippen molar-refractivity contribution in [3.05, 3.63) is 82.3 Å². The molecule has 1 aliphatic heterocycles. The zero-order valence-corrected chi connectivity index (χ0v) is 19.4. The quantitative estimate of drug-likeness (QED) is 0.413. The third-order valence-electron chi connectivity index (χ3n) is 4.75. The predicted molar refractivity (Wildman–Crippen MR) is 123 cm³/mol. The van der Waals surface area contributed by atoms with Crippen LogP contribution >= 0.6 is 23.2 Å². The van der Waals surface area contributed by atoms with Gasteiger partial charge in [0.25, 0.3) is 10.0 Å². The van der Waals surface area contributed by atoms with Gasteiger partial charge in [0.05, 0.1) is 24.2 Å². The summed E-state index contributed by atoms with van der Waals surface area (Å²) < 4.78 is 39.0. The largest absolute Gasteiger partial charge is 0.497 e. The number of sulfonamides is 1. The lowest BCUT2D eigenvalue weighted by Crippen LogP contribution is -2.42. The summed E-state index contributed by atoms with van der Waals surface area (Å²) in [6, 6.07) is 18.1. The fourth-order valence-electron chi connectivity index (χ4n) is 3.22. The van der Waals surface area contributed by atoms with Gasteiger partial charge in [0.1, 0.15) is 24.7 Å². The summed E-state index contributed by atoms with van der Waals surface area (Å²) in [7, 11) is -2.40. The van der Waals surface area contributed by atoms with Gasteiger partial charge in [-0.25, -0.2) is 0 Å². The van der Waals surface area contributed by atoms with Crippen molar-refractivity contribution >= 4 is 38.9 Å². The molecule has 0 spiro atoms. The Labute approximate surface area is 196 Å². The van der Waals surface area contributed by atoms with Crippen LogP contribution in [0.25, 0.3) is 0 Å². The van der Waals surface area contributed by atoms with Gasteiger partial charge in [-0.2, -0.15) is 12.8 Å². The molecule has 0 saturated carbocycles. The highest BCUT2D eigenvalue weighted by Gasteiger charge is 2.38. The summed E-state index contributed by atoms with van der Waals surface area (Å²) in [5.74, 6) is 1.26. The monoisotopic (exact) mass is 494 g/mol. The maximum Gasteiger partial charge on any atom is 0.279 e. The highest BCUT2D eigenvalue weighted by molar-refractivity contribution is 7.92. The lowest BCUT2D eigenvalue weighted by molar-refractivity contribution is -0.161. The van der Waals surface area contributed by atoms with Crippen LogP contribution in [0.5, 0.6) is 11.5 Å². The molecule has 0 bridgehead atoms. The summed E-state index contributed by atoms with van der Waals surface area (Å²) in [5, 5.41) is 2.36. The Balaban J connectivity index is 1.54.